The quantitative estimate of drug-likeness (QED) is 0.335. The number of aliphatic carboxylic acids is 2. The number of carbonyl (C=O) groups is 3. The van der Waals surface area contributed by atoms with Crippen molar-refractivity contribution in [2.75, 3.05) is 32.5 Å². The van der Waals surface area contributed by atoms with E-state index in [4.69, 9.17) is 29.4 Å². The van der Waals surface area contributed by atoms with Gasteiger partial charge in [-0.05, 0) is 44.4 Å². The van der Waals surface area contributed by atoms with Gasteiger partial charge in [0.25, 0.3) is 0 Å². The standard InChI is InChI=1S/C16H22N4O4S.C2H2O4/c1-20(2)14(15-7-4-8-24-15)10-18-11-16(21)19-12-5-3-6-13(9-12)25(17,22)23;3-1(4)2(5)6/h3-9,14,18H,10-11H2,1-2H3,(H,19,21)(H2,17,22,23);(H,3,4)(H,5,6). The van der Waals surface area contributed by atoms with Crippen LogP contribution < -0.4 is 15.8 Å². The Kier molecular flexibility index (Phi) is 9.82. The van der Waals surface area contributed by atoms with Crippen molar-refractivity contribution in [1.82, 2.24) is 10.2 Å². The molecule has 1 aromatic carbocycles. The van der Waals surface area contributed by atoms with Crippen molar-refractivity contribution >= 4 is 33.6 Å². The predicted octanol–water partition coefficient (Wildman–Crippen LogP) is -0.0864. The number of carboxylic acid groups (broad SMARTS) is 2. The molecule has 1 heterocycles. The summed E-state index contributed by atoms with van der Waals surface area (Å²) < 4.78 is 28.1. The largest absolute Gasteiger partial charge is 0.473 e. The summed E-state index contributed by atoms with van der Waals surface area (Å²) in [5.41, 5.74) is 0.369. The number of hydrogen-bond donors (Lipinski definition) is 5. The number of furan rings is 1. The number of amides is 1. The van der Waals surface area contributed by atoms with Crippen LogP contribution in [0.2, 0.25) is 0 Å². The van der Waals surface area contributed by atoms with Gasteiger partial charge in [-0.1, -0.05) is 6.07 Å². The number of nitrogens with two attached hydrogens (primary N) is 1. The second kappa shape index (κ2) is 11.8. The van der Waals surface area contributed by atoms with Gasteiger partial charge >= 0.3 is 11.9 Å². The fourth-order valence-electron chi connectivity index (χ4n) is 2.30. The van der Waals surface area contributed by atoms with Crippen molar-refractivity contribution in [2.24, 2.45) is 5.14 Å². The number of carbonyl (C=O) groups excluding carboxylic acids is 1. The van der Waals surface area contributed by atoms with Gasteiger partial charge in [0, 0.05) is 12.2 Å². The zero-order valence-electron chi connectivity index (χ0n) is 16.8. The van der Waals surface area contributed by atoms with Crippen LogP contribution in [-0.2, 0) is 24.4 Å². The lowest BCUT2D eigenvalue weighted by molar-refractivity contribution is -0.159. The molecular weight excluding hydrogens is 432 g/mol. The van der Waals surface area contributed by atoms with E-state index >= 15 is 0 Å². The fourth-order valence-corrected chi connectivity index (χ4v) is 2.86. The predicted molar refractivity (Wildman–Crippen MR) is 110 cm³/mol. The third-order valence-corrected chi connectivity index (χ3v) is 4.66. The molecule has 170 valence electrons. The molecule has 1 unspecified atom stereocenters. The van der Waals surface area contributed by atoms with Crippen LogP contribution in [0, 0.1) is 0 Å². The molecular formula is C18H24N4O8S. The first-order chi connectivity index (χ1) is 14.4. The van der Waals surface area contributed by atoms with Crippen LogP contribution >= 0.6 is 0 Å². The molecule has 0 fully saturated rings. The molecule has 0 aliphatic carbocycles. The van der Waals surface area contributed by atoms with Gasteiger partial charge in [0.2, 0.25) is 15.9 Å². The van der Waals surface area contributed by atoms with Gasteiger partial charge in [0.05, 0.1) is 23.7 Å². The molecule has 1 aromatic heterocycles. The van der Waals surface area contributed by atoms with Gasteiger partial charge in [-0.15, -0.1) is 0 Å². The summed E-state index contributed by atoms with van der Waals surface area (Å²) in [5.74, 6) is -3.13. The molecule has 2 aromatic rings. The Hall–Kier alpha value is -3.26. The van der Waals surface area contributed by atoms with Gasteiger partial charge in [-0.2, -0.15) is 0 Å². The maximum absolute atomic E-state index is 12.0. The summed E-state index contributed by atoms with van der Waals surface area (Å²) >= 11 is 0. The molecule has 0 radical (unpaired) electrons. The van der Waals surface area contributed by atoms with Gasteiger partial charge in [-0.3, -0.25) is 9.69 Å². The van der Waals surface area contributed by atoms with E-state index in [-0.39, 0.29) is 23.4 Å². The van der Waals surface area contributed by atoms with Crippen LogP contribution in [0.3, 0.4) is 0 Å². The first kappa shape index (κ1) is 25.8. The number of rotatable bonds is 8. The van der Waals surface area contributed by atoms with E-state index in [1.807, 2.05) is 31.1 Å². The van der Waals surface area contributed by atoms with Crippen molar-refractivity contribution in [1.29, 1.82) is 0 Å². The van der Waals surface area contributed by atoms with Crippen molar-refractivity contribution in [3.8, 4) is 0 Å². The summed E-state index contributed by atoms with van der Waals surface area (Å²) in [5, 5.41) is 25.6. The van der Waals surface area contributed by atoms with E-state index in [1.54, 1.807) is 12.3 Å². The molecule has 13 heteroatoms. The van der Waals surface area contributed by atoms with Crippen LogP contribution in [0.15, 0.2) is 52.0 Å². The SMILES string of the molecule is CN(C)C(CNCC(=O)Nc1cccc(S(N)(=O)=O)c1)c1ccco1.O=C(O)C(=O)O. The molecule has 1 amide bonds. The normalized spacial score (nSPS) is 11.9. The van der Waals surface area contributed by atoms with Gasteiger partial charge in [0.1, 0.15) is 5.76 Å². The molecule has 0 saturated heterocycles. The van der Waals surface area contributed by atoms with Crippen LogP contribution in [0.4, 0.5) is 5.69 Å². The lowest BCUT2D eigenvalue weighted by Gasteiger charge is -2.22. The third kappa shape index (κ3) is 9.39. The van der Waals surface area contributed by atoms with Crippen molar-refractivity contribution < 1.29 is 37.4 Å². The Bertz CT molecular complexity index is 978. The van der Waals surface area contributed by atoms with Gasteiger partial charge < -0.3 is 25.3 Å². The highest BCUT2D eigenvalue weighted by atomic mass is 32.2. The van der Waals surface area contributed by atoms with Crippen molar-refractivity contribution in [3.63, 3.8) is 0 Å². The smallest absolute Gasteiger partial charge is 0.414 e. The lowest BCUT2D eigenvalue weighted by Crippen LogP contribution is -2.35. The summed E-state index contributed by atoms with van der Waals surface area (Å²) in [6.07, 6.45) is 1.61. The molecule has 2 rings (SSSR count). The monoisotopic (exact) mass is 456 g/mol. The number of hydrogen-bond acceptors (Lipinski definition) is 8. The topological polar surface area (TPSA) is 192 Å². The number of benzene rings is 1. The minimum Gasteiger partial charge on any atom is -0.473 e. The molecule has 31 heavy (non-hydrogen) atoms. The number of anilines is 1. The average molecular weight is 456 g/mol. The second-order valence-corrected chi connectivity index (χ2v) is 7.92. The third-order valence-electron chi connectivity index (χ3n) is 3.75. The van der Waals surface area contributed by atoms with Crippen LogP contribution in [-0.4, -0.2) is 68.6 Å². The Balaban J connectivity index is 0.000000703. The fraction of sp³-hybridized carbons (Fsp3) is 0.278. The van der Waals surface area contributed by atoms with E-state index in [9.17, 15) is 13.2 Å². The molecule has 0 bridgehead atoms. The second-order valence-electron chi connectivity index (χ2n) is 6.36. The Morgan fingerprint density at radius 3 is 2.26 bits per heavy atom. The van der Waals surface area contributed by atoms with Gasteiger partial charge in [0.15, 0.2) is 0 Å². The molecule has 12 nitrogen and oxygen atoms in total. The molecule has 0 spiro atoms. The molecule has 0 aliphatic heterocycles. The molecule has 1 atom stereocenters. The minimum absolute atomic E-state index is 0.00601. The maximum Gasteiger partial charge on any atom is 0.414 e. The van der Waals surface area contributed by atoms with Crippen LogP contribution in [0.1, 0.15) is 11.8 Å². The van der Waals surface area contributed by atoms with E-state index in [0.717, 1.165) is 5.76 Å². The Morgan fingerprint density at radius 2 is 1.77 bits per heavy atom. The number of nitrogens with zero attached hydrogens (tertiary/aromatic N) is 1. The van der Waals surface area contributed by atoms with E-state index in [2.05, 4.69) is 10.6 Å². The first-order valence-corrected chi connectivity index (χ1v) is 10.3. The number of sulfonamides is 1. The first-order valence-electron chi connectivity index (χ1n) is 8.71. The van der Waals surface area contributed by atoms with E-state index in [1.165, 1.54) is 18.2 Å². The Labute approximate surface area is 178 Å². The van der Waals surface area contributed by atoms with Crippen molar-refractivity contribution in [3.05, 3.63) is 48.4 Å². The highest BCUT2D eigenvalue weighted by Crippen LogP contribution is 2.17. The van der Waals surface area contributed by atoms with Crippen molar-refractivity contribution in [2.45, 2.75) is 10.9 Å². The molecule has 6 N–H and O–H groups in total. The van der Waals surface area contributed by atoms with Crippen LogP contribution in [0.5, 0.6) is 0 Å². The number of nitrogens with one attached hydrogen (secondary N) is 2. The summed E-state index contributed by atoms with van der Waals surface area (Å²) in [6, 6.07) is 9.49. The molecule has 0 aliphatic rings. The van der Waals surface area contributed by atoms with E-state index in [0.29, 0.717) is 12.2 Å². The number of likely N-dealkylation sites (N-methyl/N-ethyl adjacent to an activating group) is 1. The zero-order chi connectivity index (χ0) is 23.6. The number of primary sulfonamides is 1. The highest BCUT2D eigenvalue weighted by Gasteiger charge is 2.17. The summed E-state index contributed by atoms with van der Waals surface area (Å²) in [4.78, 5) is 32.2. The maximum atomic E-state index is 12.0. The minimum atomic E-state index is -3.81. The summed E-state index contributed by atoms with van der Waals surface area (Å²) in [7, 11) is 0.0418. The summed E-state index contributed by atoms with van der Waals surface area (Å²) in [6.45, 7) is 0.593. The molecule has 0 saturated carbocycles. The van der Waals surface area contributed by atoms with Crippen LogP contribution in [0.25, 0.3) is 0 Å². The van der Waals surface area contributed by atoms with E-state index < -0.39 is 22.0 Å². The zero-order valence-corrected chi connectivity index (χ0v) is 17.6. The number of carboxylic acids is 2. The Morgan fingerprint density at radius 1 is 1.13 bits per heavy atom. The lowest BCUT2D eigenvalue weighted by atomic mass is 10.2. The highest BCUT2D eigenvalue weighted by molar-refractivity contribution is 7.89. The average Bonchev–Trinajstić information content (AvgIpc) is 3.19. The van der Waals surface area contributed by atoms with Gasteiger partial charge in [-0.25, -0.2) is 23.1 Å².